The molecule has 1 aliphatic carbocycles. The zero-order valence-corrected chi connectivity index (χ0v) is 17.3. The third-order valence-electron chi connectivity index (χ3n) is 5.89. The number of aromatic amines is 1. The van der Waals surface area contributed by atoms with Gasteiger partial charge in [0.25, 0.3) is 5.91 Å². The highest BCUT2D eigenvalue weighted by Gasteiger charge is 2.25. The standard InChI is InChI=1S/C21H29N7O/c1-12(2)17-18(15-8-13(3)20-24-11-25-28(20)10-15)26-27-19(17)21(29)23-9-14-4-6-16(22)7-5-14/h8,10-12,14,16H,4-7,9,22H2,1-3H3,(H,23,29)(H,26,27)/t14-,16-. The summed E-state index contributed by atoms with van der Waals surface area (Å²) in [6.07, 6.45) is 7.67. The largest absolute Gasteiger partial charge is 0.350 e. The summed E-state index contributed by atoms with van der Waals surface area (Å²) >= 11 is 0. The van der Waals surface area contributed by atoms with E-state index >= 15 is 0 Å². The predicted molar refractivity (Wildman–Crippen MR) is 112 cm³/mol. The summed E-state index contributed by atoms with van der Waals surface area (Å²) in [5.74, 6) is 0.519. The van der Waals surface area contributed by atoms with E-state index in [0.717, 1.165) is 53.7 Å². The molecule has 0 atom stereocenters. The van der Waals surface area contributed by atoms with Gasteiger partial charge in [-0.3, -0.25) is 9.89 Å². The topological polar surface area (TPSA) is 114 Å². The number of carbonyl (C=O) groups excluding carboxylic acids is 1. The van der Waals surface area contributed by atoms with Gasteiger partial charge >= 0.3 is 0 Å². The van der Waals surface area contributed by atoms with Crippen molar-refractivity contribution in [1.82, 2.24) is 30.1 Å². The second-order valence-electron chi connectivity index (χ2n) is 8.45. The van der Waals surface area contributed by atoms with Crippen LogP contribution in [0.1, 0.15) is 67.1 Å². The molecule has 29 heavy (non-hydrogen) atoms. The molecule has 4 rings (SSSR count). The van der Waals surface area contributed by atoms with Crippen molar-refractivity contribution in [3.8, 4) is 11.3 Å². The van der Waals surface area contributed by atoms with Gasteiger partial charge in [0, 0.05) is 29.9 Å². The summed E-state index contributed by atoms with van der Waals surface area (Å²) in [7, 11) is 0. The third kappa shape index (κ3) is 3.89. The van der Waals surface area contributed by atoms with Crippen molar-refractivity contribution in [3.05, 3.63) is 35.4 Å². The number of H-pyrrole nitrogens is 1. The number of rotatable bonds is 5. The van der Waals surface area contributed by atoms with Crippen molar-refractivity contribution in [2.45, 2.75) is 58.4 Å². The van der Waals surface area contributed by atoms with E-state index in [4.69, 9.17) is 5.73 Å². The number of carbonyl (C=O) groups is 1. The minimum atomic E-state index is -0.121. The lowest BCUT2D eigenvalue weighted by molar-refractivity contribution is 0.0936. The SMILES string of the molecule is Cc1cc(-c2[nH]nc(C(=O)NC[C@H]3CC[C@H](N)CC3)c2C(C)C)cn2ncnc12. The van der Waals surface area contributed by atoms with Crippen LogP contribution < -0.4 is 11.1 Å². The number of nitrogens with two attached hydrogens (primary N) is 1. The molecule has 0 radical (unpaired) electrons. The molecular formula is C21H29N7O. The Bertz CT molecular complexity index is 1010. The van der Waals surface area contributed by atoms with E-state index in [1.54, 1.807) is 10.8 Å². The zero-order chi connectivity index (χ0) is 20.5. The Balaban J connectivity index is 1.58. The Labute approximate surface area is 170 Å². The number of amides is 1. The van der Waals surface area contributed by atoms with Crippen molar-refractivity contribution < 1.29 is 4.79 Å². The van der Waals surface area contributed by atoms with Crippen LogP contribution in [-0.2, 0) is 0 Å². The Morgan fingerprint density at radius 2 is 2.10 bits per heavy atom. The van der Waals surface area contributed by atoms with Gasteiger partial charge in [0.05, 0.1) is 5.69 Å². The summed E-state index contributed by atoms with van der Waals surface area (Å²) < 4.78 is 1.75. The maximum atomic E-state index is 12.9. The molecule has 8 nitrogen and oxygen atoms in total. The van der Waals surface area contributed by atoms with Crippen LogP contribution in [0.4, 0.5) is 0 Å². The highest BCUT2D eigenvalue weighted by molar-refractivity contribution is 5.95. The van der Waals surface area contributed by atoms with E-state index in [1.165, 1.54) is 0 Å². The quantitative estimate of drug-likeness (QED) is 0.615. The van der Waals surface area contributed by atoms with Crippen molar-refractivity contribution in [1.29, 1.82) is 0 Å². The Kier molecular flexibility index (Phi) is 5.36. The van der Waals surface area contributed by atoms with Gasteiger partial charge in [0.2, 0.25) is 0 Å². The van der Waals surface area contributed by atoms with E-state index < -0.39 is 0 Å². The molecule has 0 spiro atoms. The molecule has 0 saturated heterocycles. The Morgan fingerprint density at radius 1 is 1.34 bits per heavy atom. The Morgan fingerprint density at radius 3 is 2.83 bits per heavy atom. The maximum Gasteiger partial charge on any atom is 0.272 e. The average Bonchev–Trinajstić information content (AvgIpc) is 3.34. The molecular weight excluding hydrogens is 366 g/mol. The summed E-state index contributed by atoms with van der Waals surface area (Å²) in [4.78, 5) is 17.2. The van der Waals surface area contributed by atoms with Gasteiger partial charge in [-0.1, -0.05) is 13.8 Å². The van der Waals surface area contributed by atoms with Gasteiger partial charge in [-0.15, -0.1) is 0 Å². The predicted octanol–water partition coefficient (Wildman–Crippen LogP) is 2.80. The van der Waals surface area contributed by atoms with Crippen LogP contribution in [0.2, 0.25) is 0 Å². The van der Waals surface area contributed by atoms with Crippen LogP contribution in [0.15, 0.2) is 18.6 Å². The van der Waals surface area contributed by atoms with Gasteiger partial charge in [-0.25, -0.2) is 9.50 Å². The molecule has 0 bridgehead atoms. The van der Waals surface area contributed by atoms with E-state index in [9.17, 15) is 4.79 Å². The number of fused-ring (bicyclic) bond motifs is 1. The number of pyridine rings is 1. The molecule has 3 aromatic rings. The Hall–Kier alpha value is -2.74. The summed E-state index contributed by atoms with van der Waals surface area (Å²) in [5.41, 5.74) is 11.0. The molecule has 1 saturated carbocycles. The van der Waals surface area contributed by atoms with Crippen LogP contribution in [0, 0.1) is 12.8 Å². The van der Waals surface area contributed by atoms with Crippen LogP contribution >= 0.6 is 0 Å². The second-order valence-corrected chi connectivity index (χ2v) is 8.45. The molecule has 4 N–H and O–H groups in total. The average molecular weight is 396 g/mol. The lowest BCUT2D eigenvalue weighted by Crippen LogP contribution is -2.34. The third-order valence-corrected chi connectivity index (χ3v) is 5.89. The number of nitrogens with zero attached hydrogens (tertiary/aromatic N) is 4. The minimum absolute atomic E-state index is 0.121. The second kappa shape index (κ2) is 7.94. The highest BCUT2D eigenvalue weighted by Crippen LogP contribution is 2.31. The molecule has 3 heterocycles. The summed E-state index contributed by atoms with van der Waals surface area (Å²) in [6, 6.07) is 2.37. The van der Waals surface area contributed by atoms with Crippen LogP contribution in [0.3, 0.4) is 0 Å². The molecule has 0 aliphatic heterocycles. The molecule has 154 valence electrons. The first-order valence-electron chi connectivity index (χ1n) is 10.4. The van der Waals surface area contributed by atoms with Crippen molar-refractivity contribution in [2.24, 2.45) is 11.7 Å². The van der Waals surface area contributed by atoms with Crippen LogP contribution in [0.5, 0.6) is 0 Å². The first kappa shape index (κ1) is 19.6. The van der Waals surface area contributed by atoms with Crippen LogP contribution in [0.25, 0.3) is 16.9 Å². The first-order chi connectivity index (χ1) is 13.9. The lowest BCUT2D eigenvalue weighted by atomic mass is 9.86. The van der Waals surface area contributed by atoms with Gasteiger partial charge in [0.15, 0.2) is 11.3 Å². The van der Waals surface area contributed by atoms with Crippen LogP contribution in [-0.4, -0.2) is 43.3 Å². The maximum absolute atomic E-state index is 12.9. The number of nitrogens with one attached hydrogen (secondary N) is 2. The fourth-order valence-corrected chi connectivity index (χ4v) is 4.25. The van der Waals surface area contributed by atoms with Crippen molar-refractivity contribution >= 4 is 11.6 Å². The fraction of sp³-hybridized carbons (Fsp3) is 0.524. The van der Waals surface area contributed by atoms with E-state index in [2.05, 4.69) is 45.5 Å². The lowest BCUT2D eigenvalue weighted by Gasteiger charge is -2.26. The number of hydrogen-bond acceptors (Lipinski definition) is 5. The molecule has 0 aromatic carbocycles. The van der Waals surface area contributed by atoms with E-state index in [1.807, 2.05) is 13.1 Å². The normalized spacial score (nSPS) is 19.8. The van der Waals surface area contributed by atoms with Crippen molar-refractivity contribution in [3.63, 3.8) is 0 Å². The molecule has 8 heteroatoms. The van der Waals surface area contributed by atoms with Gasteiger partial charge in [-0.05, 0) is 56.1 Å². The number of aromatic nitrogens is 5. The molecule has 1 fully saturated rings. The number of hydrogen-bond donors (Lipinski definition) is 3. The molecule has 1 aliphatic rings. The van der Waals surface area contributed by atoms with Gasteiger partial charge in [0.1, 0.15) is 6.33 Å². The van der Waals surface area contributed by atoms with Gasteiger partial charge < -0.3 is 11.1 Å². The van der Waals surface area contributed by atoms with E-state index in [0.29, 0.717) is 24.2 Å². The highest BCUT2D eigenvalue weighted by atomic mass is 16.1. The molecule has 0 unspecified atom stereocenters. The number of aryl methyl sites for hydroxylation is 1. The zero-order valence-electron chi connectivity index (χ0n) is 17.3. The summed E-state index contributed by atoms with van der Waals surface area (Å²) in [5, 5.41) is 14.8. The van der Waals surface area contributed by atoms with E-state index in [-0.39, 0.29) is 11.8 Å². The van der Waals surface area contributed by atoms with Crippen molar-refractivity contribution in [2.75, 3.05) is 6.54 Å². The smallest absolute Gasteiger partial charge is 0.272 e. The molecule has 3 aromatic heterocycles. The van der Waals surface area contributed by atoms with Gasteiger partial charge in [-0.2, -0.15) is 10.2 Å². The first-order valence-corrected chi connectivity index (χ1v) is 10.4. The monoisotopic (exact) mass is 395 g/mol. The fourth-order valence-electron chi connectivity index (χ4n) is 4.25. The molecule has 1 amide bonds. The minimum Gasteiger partial charge on any atom is -0.350 e. The summed E-state index contributed by atoms with van der Waals surface area (Å²) in [6.45, 7) is 6.83.